The summed E-state index contributed by atoms with van der Waals surface area (Å²) >= 11 is 0. The van der Waals surface area contributed by atoms with E-state index in [0.29, 0.717) is 19.4 Å². The summed E-state index contributed by atoms with van der Waals surface area (Å²) < 4.78 is 0. The van der Waals surface area contributed by atoms with E-state index in [0.717, 1.165) is 43.4 Å². The third-order valence-electron chi connectivity index (χ3n) is 4.38. The Balaban J connectivity index is 1.65. The van der Waals surface area contributed by atoms with Gasteiger partial charge in [0, 0.05) is 25.1 Å². The molecule has 1 aromatic carbocycles. The van der Waals surface area contributed by atoms with Crippen LogP contribution in [0.25, 0.3) is 0 Å². The van der Waals surface area contributed by atoms with Gasteiger partial charge in [0.05, 0.1) is 0 Å². The molecular weight excluding hydrogens is 320 g/mol. The Kier molecular flexibility index (Phi) is 7.44. The normalized spacial score (nSPS) is 13.4. The smallest absolute Gasteiger partial charge is 0.303 e. The lowest BCUT2D eigenvalue weighted by molar-refractivity contribution is -0.137. The summed E-state index contributed by atoms with van der Waals surface area (Å²) in [6.45, 7) is 0.649. The SMILES string of the molecule is O=C(O)CCCCCCCNC(=O)CN1C(=O)CCc2ccccc21. The molecule has 0 bridgehead atoms. The second-order valence-corrected chi connectivity index (χ2v) is 6.37. The largest absolute Gasteiger partial charge is 0.481 e. The zero-order chi connectivity index (χ0) is 18.1. The van der Waals surface area contributed by atoms with Gasteiger partial charge in [-0.15, -0.1) is 0 Å². The summed E-state index contributed by atoms with van der Waals surface area (Å²) in [7, 11) is 0. The van der Waals surface area contributed by atoms with Gasteiger partial charge in [-0.3, -0.25) is 14.4 Å². The van der Waals surface area contributed by atoms with Crippen molar-refractivity contribution in [2.24, 2.45) is 0 Å². The van der Waals surface area contributed by atoms with Gasteiger partial charge in [0.25, 0.3) is 0 Å². The molecule has 0 unspecified atom stereocenters. The number of nitrogens with zero attached hydrogens (tertiary/aromatic N) is 1. The molecule has 0 atom stereocenters. The second kappa shape index (κ2) is 9.81. The number of para-hydroxylation sites is 1. The number of carbonyl (C=O) groups excluding carboxylic acids is 2. The van der Waals surface area contributed by atoms with Crippen LogP contribution >= 0.6 is 0 Å². The van der Waals surface area contributed by atoms with Gasteiger partial charge in [0.15, 0.2) is 0 Å². The van der Waals surface area contributed by atoms with Crippen molar-refractivity contribution in [2.75, 3.05) is 18.0 Å². The number of nitrogens with one attached hydrogen (secondary N) is 1. The van der Waals surface area contributed by atoms with Crippen LogP contribution in [-0.4, -0.2) is 36.0 Å². The minimum absolute atomic E-state index is 0.00715. The zero-order valence-corrected chi connectivity index (χ0v) is 14.5. The van der Waals surface area contributed by atoms with E-state index < -0.39 is 5.97 Å². The Morgan fingerprint density at radius 1 is 1.04 bits per heavy atom. The highest BCUT2D eigenvalue weighted by atomic mass is 16.4. The van der Waals surface area contributed by atoms with Gasteiger partial charge < -0.3 is 15.3 Å². The van der Waals surface area contributed by atoms with Crippen molar-refractivity contribution in [2.45, 2.75) is 51.4 Å². The molecule has 0 spiro atoms. The number of unbranched alkanes of at least 4 members (excludes halogenated alkanes) is 4. The van der Waals surface area contributed by atoms with Crippen LogP contribution in [0.1, 0.15) is 50.5 Å². The molecule has 6 nitrogen and oxygen atoms in total. The van der Waals surface area contributed by atoms with Gasteiger partial charge in [-0.1, -0.05) is 37.5 Å². The van der Waals surface area contributed by atoms with Gasteiger partial charge in [0.2, 0.25) is 11.8 Å². The first kappa shape index (κ1) is 19.0. The highest BCUT2D eigenvalue weighted by molar-refractivity contribution is 6.00. The number of benzene rings is 1. The fourth-order valence-electron chi connectivity index (χ4n) is 3.03. The lowest BCUT2D eigenvalue weighted by Crippen LogP contribution is -2.43. The van der Waals surface area contributed by atoms with Crippen LogP contribution in [0.4, 0.5) is 5.69 Å². The van der Waals surface area contributed by atoms with Gasteiger partial charge in [-0.2, -0.15) is 0 Å². The second-order valence-electron chi connectivity index (χ2n) is 6.37. The third kappa shape index (κ3) is 6.21. The monoisotopic (exact) mass is 346 g/mol. The van der Waals surface area contributed by atoms with Gasteiger partial charge >= 0.3 is 5.97 Å². The Morgan fingerprint density at radius 3 is 2.56 bits per heavy atom. The number of rotatable bonds is 10. The summed E-state index contributed by atoms with van der Waals surface area (Å²) in [5.74, 6) is -0.899. The van der Waals surface area contributed by atoms with Gasteiger partial charge in [-0.25, -0.2) is 0 Å². The number of hydrogen-bond donors (Lipinski definition) is 2. The average molecular weight is 346 g/mol. The minimum Gasteiger partial charge on any atom is -0.481 e. The molecule has 0 aliphatic carbocycles. The number of amides is 2. The van der Waals surface area contributed by atoms with Gasteiger partial charge in [-0.05, 0) is 30.9 Å². The fraction of sp³-hybridized carbons (Fsp3) is 0.526. The van der Waals surface area contributed by atoms with Crippen molar-refractivity contribution in [3.8, 4) is 0 Å². The van der Waals surface area contributed by atoms with E-state index in [1.807, 2.05) is 24.3 Å². The fourth-order valence-corrected chi connectivity index (χ4v) is 3.03. The number of anilines is 1. The van der Waals surface area contributed by atoms with E-state index in [4.69, 9.17) is 5.11 Å². The van der Waals surface area contributed by atoms with E-state index in [-0.39, 0.29) is 24.8 Å². The number of fused-ring (bicyclic) bond motifs is 1. The molecule has 1 aliphatic heterocycles. The summed E-state index contributed by atoms with van der Waals surface area (Å²) in [6, 6.07) is 7.71. The molecule has 1 aliphatic rings. The maximum absolute atomic E-state index is 12.1. The molecule has 2 rings (SSSR count). The maximum atomic E-state index is 12.1. The number of hydrogen-bond acceptors (Lipinski definition) is 3. The van der Waals surface area contributed by atoms with Crippen LogP contribution in [0.15, 0.2) is 24.3 Å². The maximum Gasteiger partial charge on any atom is 0.303 e. The Morgan fingerprint density at radius 2 is 1.76 bits per heavy atom. The van der Waals surface area contributed by atoms with Gasteiger partial charge in [0.1, 0.15) is 6.54 Å². The van der Waals surface area contributed by atoms with E-state index >= 15 is 0 Å². The molecule has 136 valence electrons. The molecule has 1 heterocycles. The summed E-state index contributed by atoms with van der Waals surface area (Å²) in [6.07, 6.45) is 5.81. The van der Waals surface area contributed by atoms with Crippen molar-refractivity contribution in [1.29, 1.82) is 0 Å². The Hall–Kier alpha value is -2.37. The van der Waals surface area contributed by atoms with Crippen molar-refractivity contribution in [1.82, 2.24) is 5.32 Å². The molecule has 0 aromatic heterocycles. The van der Waals surface area contributed by atoms with Crippen LogP contribution in [-0.2, 0) is 20.8 Å². The number of aryl methyl sites for hydroxylation is 1. The molecule has 0 saturated heterocycles. The topological polar surface area (TPSA) is 86.7 Å². The number of aliphatic carboxylic acids is 1. The standard InChI is InChI=1S/C19H26N2O4/c22-17(20-13-7-3-1-2-4-10-19(24)25)14-21-16-9-6-5-8-15(16)11-12-18(21)23/h5-6,8-9H,1-4,7,10-14H2,(H,20,22)(H,24,25). The van der Waals surface area contributed by atoms with Crippen LogP contribution in [0.5, 0.6) is 0 Å². The lowest BCUT2D eigenvalue weighted by atomic mass is 10.0. The van der Waals surface area contributed by atoms with Crippen LogP contribution in [0.2, 0.25) is 0 Å². The highest BCUT2D eigenvalue weighted by Gasteiger charge is 2.25. The summed E-state index contributed by atoms with van der Waals surface area (Å²) in [4.78, 5) is 36.2. The molecule has 0 saturated carbocycles. The van der Waals surface area contributed by atoms with Crippen LogP contribution < -0.4 is 10.2 Å². The number of carbonyl (C=O) groups is 3. The van der Waals surface area contributed by atoms with E-state index in [1.165, 1.54) is 0 Å². The highest BCUT2D eigenvalue weighted by Crippen LogP contribution is 2.26. The first-order valence-electron chi connectivity index (χ1n) is 8.94. The first-order valence-corrected chi connectivity index (χ1v) is 8.94. The molecule has 25 heavy (non-hydrogen) atoms. The molecular formula is C19H26N2O4. The average Bonchev–Trinajstić information content (AvgIpc) is 2.59. The van der Waals surface area contributed by atoms with Crippen molar-refractivity contribution >= 4 is 23.5 Å². The minimum atomic E-state index is -0.749. The number of carboxylic acids is 1. The summed E-state index contributed by atoms with van der Waals surface area (Å²) in [5.41, 5.74) is 1.95. The molecule has 1 aromatic rings. The molecule has 6 heteroatoms. The summed E-state index contributed by atoms with van der Waals surface area (Å²) in [5, 5.41) is 11.4. The number of carboxylic acid groups (broad SMARTS) is 1. The van der Waals surface area contributed by atoms with E-state index in [1.54, 1.807) is 4.90 Å². The molecule has 2 N–H and O–H groups in total. The predicted octanol–water partition coefficient (Wildman–Crippen LogP) is 2.51. The van der Waals surface area contributed by atoms with Crippen molar-refractivity contribution in [3.05, 3.63) is 29.8 Å². The van der Waals surface area contributed by atoms with Crippen LogP contribution in [0.3, 0.4) is 0 Å². The Labute approximate surface area is 148 Å². The van der Waals surface area contributed by atoms with E-state index in [2.05, 4.69) is 5.32 Å². The van der Waals surface area contributed by atoms with Crippen molar-refractivity contribution in [3.63, 3.8) is 0 Å². The molecule has 2 amide bonds. The first-order chi connectivity index (χ1) is 12.1. The third-order valence-corrected chi connectivity index (χ3v) is 4.38. The zero-order valence-electron chi connectivity index (χ0n) is 14.5. The van der Waals surface area contributed by atoms with E-state index in [9.17, 15) is 14.4 Å². The van der Waals surface area contributed by atoms with Crippen LogP contribution in [0, 0.1) is 0 Å². The van der Waals surface area contributed by atoms with Crippen molar-refractivity contribution < 1.29 is 19.5 Å². The molecule has 0 radical (unpaired) electrons. The molecule has 0 fully saturated rings. The lowest BCUT2D eigenvalue weighted by Gasteiger charge is -2.28. The Bertz CT molecular complexity index is 615. The quantitative estimate of drug-likeness (QED) is 0.637. The predicted molar refractivity (Wildman–Crippen MR) is 95.5 cm³/mol.